The normalized spacial score (nSPS) is 12.2. The minimum absolute atomic E-state index is 0.0304. The summed E-state index contributed by atoms with van der Waals surface area (Å²) in [4.78, 5) is 35.2. The third-order valence-electron chi connectivity index (χ3n) is 3.08. The quantitative estimate of drug-likeness (QED) is 0.843. The van der Waals surface area contributed by atoms with Crippen LogP contribution in [0.5, 0.6) is 0 Å². The Morgan fingerprint density at radius 2 is 2.16 bits per heavy atom. The molecule has 1 N–H and O–H groups in total. The highest BCUT2D eigenvalue weighted by Crippen LogP contribution is 2.05. The van der Waals surface area contributed by atoms with Crippen LogP contribution in [0.2, 0.25) is 0 Å². The molecular formula is C12H18N2O4S. The lowest BCUT2D eigenvalue weighted by molar-refractivity contribution is -0.148. The van der Waals surface area contributed by atoms with Crippen molar-refractivity contribution >= 4 is 23.2 Å². The van der Waals surface area contributed by atoms with Gasteiger partial charge >= 0.3 is 10.8 Å². The number of nitrogens with zero attached hydrogens (tertiary/aromatic N) is 2. The number of carboxylic acids is 1. The summed E-state index contributed by atoms with van der Waals surface area (Å²) in [6, 6.07) is -0.835. The number of carbonyl (C=O) groups is 2. The number of aromatic nitrogens is 1. The summed E-state index contributed by atoms with van der Waals surface area (Å²) in [5.74, 6) is -1.25. The summed E-state index contributed by atoms with van der Waals surface area (Å²) in [7, 11) is 1.48. The predicted molar refractivity (Wildman–Crippen MR) is 72.4 cm³/mol. The Hall–Kier alpha value is -1.63. The van der Waals surface area contributed by atoms with Gasteiger partial charge in [0.2, 0.25) is 5.91 Å². The number of rotatable bonds is 6. The Morgan fingerprint density at radius 1 is 1.53 bits per heavy atom. The van der Waals surface area contributed by atoms with Crippen LogP contribution in [-0.4, -0.2) is 39.5 Å². The van der Waals surface area contributed by atoms with Crippen molar-refractivity contribution in [2.24, 2.45) is 0 Å². The summed E-state index contributed by atoms with van der Waals surface area (Å²) in [6.45, 7) is 3.79. The molecule has 6 nitrogen and oxygen atoms in total. The van der Waals surface area contributed by atoms with E-state index in [2.05, 4.69) is 0 Å². The molecule has 0 saturated heterocycles. The fraction of sp³-hybridized carbons (Fsp3) is 0.583. The Kier molecular flexibility index (Phi) is 5.29. The van der Waals surface area contributed by atoms with Gasteiger partial charge in [-0.15, -0.1) is 0 Å². The third-order valence-corrected chi connectivity index (χ3v) is 3.96. The number of amides is 1. The van der Waals surface area contributed by atoms with Crippen molar-refractivity contribution in [1.82, 2.24) is 9.47 Å². The van der Waals surface area contributed by atoms with E-state index in [-0.39, 0.29) is 17.2 Å². The molecular weight excluding hydrogens is 268 g/mol. The minimum atomic E-state index is -1.03. The summed E-state index contributed by atoms with van der Waals surface area (Å²) in [6.07, 6.45) is 0.753. The second-order valence-corrected chi connectivity index (χ2v) is 5.24. The molecule has 1 amide bonds. The van der Waals surface area contributed by atoms with Crippen molar-refractivity contribution < 1.29 is 14.7 Å². The van der Waals surface area contributed by atoms with Crippen molar-refractivity contribution in [1.29, 1.82) is 0 Å². The topological polar surface area (TPSA) is 79.6 Å². The predicted octanol–water partition coefficient (Wildman–Crippen LogP) is 0.930. The van der Waals surface area contributed by atoms with Gasteiger partial charge in [-0.05, 0) is 20.3 Å². The molecule has 1 aromatic rings. The van der Waals surface area contributed by atoms with Crippen LogP contribution >= 0.6 is 11.3 Å². The maximum atomic E-state index is 11.8. The molecule has 19 heavy (non-hydrogen) atoms. The third kappa shape index (κ3) is 3.92. The highest BCUT2D eigenvalue weighted by atomic mass is 32.1. The molecule has 0 aliphatic carbocycles. The van der Waals surface area contributed by atoms with Crippen LogP contribution in [0, 0.1) is 6.92 Å². The molecule has 1 atom stereocenters. The molecule has 1 unspecified atom stereocenters. The zero-order valence-electron chi connectivity index (χ0n) is 11.3. The Bertz CT molecular complexity index is 520. The molecule has 1 heterocycles. The first-order valence-corrected chi connectivity index (χ1v) is 6.86. The molecule has 0 fully saturated rings. The number of hydrogen-bond donors (Lipinski definition) is 1. The maximum absolute atomic E-state index is 11.8. The standard InChI is InChI=1S/C12H18N2O4S/c1-8-7-19-12(18)14(8)6-4-5-10(15)13(3)9(2)11(16)17/h7,9H,4-6H2,1-3H3,(H,16,17). The van der Waals surface area contributed by atoms with E-state index < -0.39 is 12.0 Å². The first-order valence-electron chi connectivity index (χ1n) is 5.98. The maximum Gasteiger partial charge on any atom is 0.326 e. The smallest absolute Gasteiger partial charge is 0.326 e. The summed E-state index contributed by atoms with van der Waals surface area (Å²) in [5.41, 5.74) is 0.884. The molecule has 1 aromatic heterocycles. The van der Waals surface area contributed by atoms with Gasteiger partial charge in [-0.1, -0.05) is 11.3 Å². The average molecular weight is 286 g/mol. The number of aryl methyl sites for hydroxylation is 1. The van der Waals surface area contributed by atoms with E-state index >= 15 is 0 Å². The number of carboxylic acid groups (broad SMARTS) is 1. The van der Waals surface area contributed by atoms with Crippen LogP contribution in [0.15, 0.2) is 10.2 Å². The van der Waals surface area contributed by atoms with Crippen LogP contribution in [0.1, 0.15) is 25.5 Å². The lowest BCUT2D eigenvalue weighted by Gasteiger charge is -2.21. The SMILES string of the molecule is Cc1csc(=O)n1CCCC(=O)N(C)C(C)C(=O)O. The fourth-order valence-corrected chi connectivity index (χ4v) is 2.38. The molecule has 0 radical (unpaired) electrons. The summed E-state index contributed by atoms with van der Waals surface area (Å²) in [5, 5.41) is 10.6. The fourth-order valence-electron chi connectivity index (χ4n) is 1.62. The number of hydrogen-bond acceptors (Lipinski definition) is 4. The Morgan fingerprint density at radius 3 is 2.63 bits per heavy atom. The first kappa shape index (κ1) is 15.4. The molecule has 0 saturated carbocycles. The minimum Gasteiger partial charge on any atom is -0.480 e. The lowest BCUT2D eigenvalue weighted by Crippen LogP contribution is -2.40. The molecule has 0 bridgehead atoms. The lowest BCUT2D eigenvalue weighted by atomic mass is 10.2. The van der Waals surface area contributed by atoms with Crippen LogP contribution in [-0.2, 0) is 16.1 Å². The Balaban J connectivity index is 2.48. The summed E-state index contributed by atoms with van der Waals surface area (Å²) < 4.78 is 1.62. The van der Waals surface area contributed by atoms with Crippen molar-refractivity contribution in [3.63, 3.8) is 0 Å². The van der Waals surface area contributed by atoms with Gasteiger partial charge in [0.05, 0.1) is 0 Å². The zero-order valence-corrected chi connectivity index (χ0v) is 12.1. The zero-order chi connectivity index (χ0) is 14.6. The van der Waals surface area contributed by atoms with E-state index in [1.165, 1.54) is 18.9 Å². The first-order chi connectivity index (χ1) is 8.84. The molecule has 1 rings (SSSR count). The molecule has 0 aromatic carbocycles. The molecule has 7 heteroatoms. The van der Waals surface area contributed by atoms with Gasteiger partial charge in [0, 0.05) is 31.1 Å². The monoisotopic (exact) mass is 286 g/mol. The van der Waals surface area contributed by atoms with Gasteiger partial charge in [-0.2, -0.15) is 0 Å². The van der Waals surface area contributed by atoms with E-state index in [0.717, 1.165) is 17.0 Å². The van der Waals surface area contributed by atoms with E-state index in [0.29, 0.717) is 13.0 Å². The van der Waals surface area contributed by atoms with Crippen molar-refractivity contribution in [2.75, 3.05) is 7.05 Å². The highest BCUT2D eigenvalue weighted by molar-refractivity contribution is 7.07. The van der Waals surface area contributed by atoms with E-state index in [9.17, 15) is 14.4 Å². The van der Waals surface area contributed by atoms with E-state index in [1.807, 2.05) is 6.92 Å². The number of carbonyl (C=O) groups excluding carboxylic acids is 1. The van der Waals surface area contributed by atoms with Crippen molar-refractivity contribution in [3.8, 4) is 0 Å². The molecule has 0 aliphatic heterocycles. The Labute approximate surface area is 115 Å². The second kappa shape index (κ2) is 6.51. The molecule has 106 valence electrons. The van der Waals surface area contributed by atoms with Crippen LogP contribution in [0.25, 0.3) is 0 Å². The molecule has 0 aliphatic rings. The number of aliphatic carboxylic acids is 1. The average Bonchev–Trinajstić information content (AvgIpc) is 2.68. The van der Waals surface area contributed by atoms with Crippen molar-refractivity contribution in [2.45, 2.75) is 39.3 Å². The van der Waals surface area contributed by atoms with Gasteiger partial charge in [0.25, 0.3) is 0 Å². The van der Waals surface area contributed by atoms with Crippen LogP contribution in [0.3, 0.4) is 0 Å². The summed E-state index contributed by atoms with van der Waals surface area (Å²) >= 11 is 1.14. The second-order valence-electron chi connectivity index (χ2n) is 4.42. The van der Waals surface area contributed by atoms with E-state index in [4.69, 9.17) is 5.11 Å². The van der Waals surface area contributed by atoms with Gasteiger partial charge in [-0.25, -0.2) is 4.79 Å². The van der Waals surface area contributed by atoms with Gasteiger partial charge < -0.3 is 14.6 Å². The van der Waals surface area contributed by atoms with Gasteiger partial charge in [0.15, 0.2) is 0 Å². The highest BCUT2D eigenvalue weighted by Gasteiger charge is 2.21. The van der Waals surface area contributed by atoms with Crippen LogP contribution < -0.4 is 4.87 Å². The van der Waals surface area contributed by atoms with Crippen LogP contribution in [0.4, 0.5) is 0 Å². The number of thiazole rings is 1. The van der Waals surface area contributed by atoms with Gasteiger partial charge in [0.1, 0.15) is 6.04 Å². The largest absolute Gasteiger partial charge is 0.480 e. The van der Waals surface area contributed by atoms with Crippen molar-refractivity contribution in [3.05, 3.63) is 20.7 Å². The molecule has 0 spiro atoms. The van der Waals surface area contributed by atoms with E-state index in [1.54, 1.807) is 9.95 Å². The van der Waals surface area contributed by atoms with Gasteiger partial charge in [-0.3, -0.25) is 9.59 Å². The number of likely N-dealkylation sites (N-methyl/N-ethyl adjacent to an activating group) is 1.